The maximum Gasteiger partial charge on any atom is 0.320 e. The fourth-order valence-corrected chi connectivity index (χ4v) is 2.90. The summed E-state index contributed by atoms with van der Waals surface area (Å²) in [6.45, 7) is 3.02. The van der Waals surface area contributed by atoms with Crippen LogP contribution in [0, 0.1) is 0 Å². The first kappa shape index (κ1) is 13.9. The van der Waals surface area contributed by atoms with E-state index in [4.69, 9.17) is 14.6 Å². The average Bonchev–Trinajstić information content (AvgIpc) is 2.89. The molecule has 112 valence electrons. The Bertz CT molecular complexity index is 598. The minimum absolute atomic E-state index is 0.428. The van der Waals surface area contributed by atoms with Crippen LogP contribution in [0.5, 0.6) is 11.5 Å². The molecule has 0 bridgehead atoms. The molecule has 0 saturated carbocycles. The highest BCUT2D eigenvalue weighted by Gasteiger charge is 2.42. The van der Waals surface area contributed by atoms with Gasteiger partial charge in [-0.2, -0.15) is 0 Å². The number of carboxylic acid groups (broad SMARTS) is 1. The second-order valence-corrected chi connectivity index (χ2v) is 5.64. The maximum atomic E-state index is 11.1. The lowest BCUT2D eigenvalue weighted by molar-refractivity contribution is -0.142. The third-order valence-electron chi connectivity index (χ3n) is 4.30. The number of rotatable bonds is 3. The van der Waals surface area contributed by atoms with E-state index in [9.17, 15) is 4.79 Å². The van der Waals surface area contributed by atoms with Crippen LogP contribution < -0.4 is 9.47 Å². The molecule has 1 aromatic carbocycles. The first-order valence-electron chi connectivity index (χ1n) is 7.06. The number of likely N-dealkylation sites (tertiary alicyclic amines) is 1. The van der Waals surface area contributed by atoms with E-state index in [0.717, 1.165) is 30.0 Å². The van der Waals surface area contributed by atoms with Gasteiger partial charge < -0.3 is 14.6 Å². The lowest BCUT2D eigenvalue weighted by atomic mass is 9.97. The summed E-state index contributed by atoms with van der Waals surface area (Å²) < 4.78 is 11.4. The summed E-state index contributed by atoms with van der Waals surface area (Å²) in [7, 11) is 1.63. The van der Waals surface area contributed by atoms with Gasteiger partial charge in [-0.05, 0) is 25.1 Å². The summed E-state index contributed by atoms with van der Waals surface area (Å²) >= 11 is 0. The zero-order chi connectivity index (χ0) is 15.0. The molecule has 0 aliphatic carbocycles. The van der Waals surface area contributed by atoms with E-state index in [0.29, 0.717) is 6.54 Å². The van der Waals surface area contributed by atoms with Crippen LogP contribution in [0.25, 0.3) is 6.08 Å². The predicted molar refractivity (Wildman–Crippen MR) is 78.7 cm³/mol. The Morgan fingerprint density at radius 3 is 3.05 bits per heavy atom. The molecule has 1 aromatic rings. The summed E-state index contributed by atoms with van der Waals surface area (Å²) in [6, 6.07) is 5.25. The molecular formula is C16H19NO4. The molecule has 2 aliphatic rings. The zero-order valence-electron chi connectivity index (χ0n) is 12.2. The highest BCUT2D eigenvalue weighted by molar-refractivity contribution is 5.73. The summed E-state index contributed by atoms with van der Waals surface area (Å²) in [4.78, 5) is 13.1. The van der Waals surface area contributed by atoms with E-state index < -0.39 is 17.6 Å². The molecular weight excluding hydrogens is 270 g/mol. The maximum absolute atomic E-state index is 11.1. The van der Waals surface area contributed by atoms with Gasteiger partial charge in [0.15, 0.2) is 0 Å². The van der Waals surface area contributed by atoms with E-state index in [2.05, 4.69) is 6.08 Å². The molecule has 21 heavy (non-hydrogen) atoms. The van der Waals surface area contributed by atoms with E-state index in [1.807, 2.05) is 29.2 Å². The van der Waals surface area contributed by atoms with Gasteiger partial charge in [-0.1, -0.05) is 6.08 Å². The van der Waals surface area contributed by atoms with Crippen molar-refractivity contribution in [1.82, 2.24) is 4.90 Å². The van der Waals surface area contributed by atoms with Gasteiger partial charge in [0.05, 0.1) is 7.11 Å². The smallest absolute Gasteiger partial charge is 0.320 e. The van der Waals surface area contributed by atoms with Crippen LogP contribution in [0.2, 0.25) is 0 Å². The normalized spacial score (nSPS) is 25.4. The van der Waals surface area contributed by atoms with Crippen LogP contribution in [-0.4, -0.2) is 47.8 Å². The van der Waals surface area contributed by atoms with Gasteiger partial charge in [-0.15, -0.1) is 0 Å². The van der Waals surface area contributed by atoms with Crippen molar-refractivity contribution in [2.75, 3.05) is 20.2 Å². The molecule has 2 unspecified atom stereocenters. The number of methoxy groups -OCH3 is 1. The Morgan fingerprint density at radius 1 is 1.52 bits per heavy atom. The van der Waals surface area contributed by atoms with E-state index in [1.54, 1.807) is 14.0 Å². The number of aliphatic carboxylic acids is 1. The minimum atomic E-state index is -0.797. The van der Waals surface area contributed by atoms with Crippen LogP contribution in [0.4, 0.5) is 0 Å². The first-order chi connectivity index (χ1) is 10.0. The van der Waals surface area contributed by atoms with Crippen molar-refractivity contribution in [2.45, 2.75) is 25.0 Å². The Hall–Kier alpha value is -2.01. The monoisotopic (exact) mass is 289 g/mol. The van der Waals surface area contributed by atoms with Crippen LogP contribution in [-0.2, 0) is 4.79 Å². The second-order valence-electron chi connectivity index (χ2n) is 5.64. The van der Waals surface area contributed by atoms with Gasteiger partial charge in [0.2, 0.25) is 0 Å². The number of benzene rings is 1. The Kier molecular flexibility index (Phi) is 3.37. The van der Waals surface area contributed by atoms with E-state index >= 15 is 0 Å². The number of ether oxygens (including phenoxy) is 2. The van der Waals surface area contributed by atoms with Crippen molar-refractivity contribution >= 4 is 12.0 Å². The Morgan fingerprint density at radius 2 is 2.33 bits per heavy atom. The quantitative estimate of drug-likeness (QED) is 0.922. The molecule has 1 N–H and O–H groups in total. The van der Waals surface area contributed by atoms with Crippen LogP contribution in [0.3, 0.4) is 0 Å². The summed E-state index contributed by atoms with van der Waals surface area (Å²) in [5.41, 5.74) is 0.592. The van der Waals surface area contributed by atoms with Gasteiger partial charge in [-0.3, -0.25) is 9.69 Å². The van der Waals surface area contributed by atoms with Crippen molar-refractivity contribution in [2.24, 2.45) is 0 Å². The second kappa shape index (κ2) is 5.07. The number of carboxylic acids is 1. The molecule has 1 spiro atoms. The van der Waals surface area contributed by atoms with E-state index in [-0.39, 0.29) is 0 Å². The van der Waals surface area contributed by atoms with Crippen LogP contribution in [0.15, 0.2) is 24.3 Å². The standard InChI is InChI=1S/C16H19NO4/c1-11(15(18)19)17-8-7-16(10-17)6-5-12-3-4-13(20-2)9-14(12)21-16/h3-6,9,11H,7-8,10H2,1-2H3,(H,18,19). The molecule has 5 nitrogen and oxygen atoms in total. The van der Waals surface area contributed by atoms with Crippen LogP contribution in [0.1, 0.15) is 18.9 Å². The summed E-state index contributed by atoms with van der Waals surface area (Å²) in [5, 5.41) is 9.14. The Labute approximate surface area is 123 Å². The highest BCUT2D eigenvalue weighted by atomic mass is 16.5. The molecule has 0 amide bonds. The lowest BCUT2D eigenvalue weighted by Gasteiger charge is -2.32. The van der Waals surface area contributed by atoms with Gasteiger partial charge in [0.25, 0.3) is 0 Å². The van der Waals surface area contributed by atoms with Gasteiger partial charge in [0.1, 0.15) is 23.1 Å². The van der Waals surface area contributed by atoms with Crippen molar-refractivity contribution in [3.63, 3.8) is 0 Å². The largest absolute Gasteiger partial charge is 0.497 e. The van der Waals surface area contributed by atoms with E-state index in [1.165, 1.54) is 0 Å². The lowest BCUT2D eigenvalue weighted by Crippen LogP contribution is -2.43. The molecule has 0 radical (unpaired) electrons. The van der Waals surface area contributed by atoms with Crippen molar-refractivity contribution in [3.8, 4) is 11.5 Å². The Balaban J connectivity index is 1.81. The van der Waals surface area contributed by atoms with Crippen molar-refractivity contribution < 1.29 is 19.4 Å². The number of fused-ring (bicyclic) bond motifs is 1. The van der Waals surface area contributed by atoms with Crippen molar-refractivity contribution in [1.29, 1.82) is 0 Å². The fourth-order valence-electron chi connectivity index (χ4n) is 2.90. The summed E-state index contributed by atoms with van der Waals surface area (Å²) in [5.74, 6) is 0.753. The first-order valence-corrected chi connectivity index (χ1v) is 7.06. The number of nitrogens with zero attached hydrogens (tertiary/aromatic N) is 1. The molecule has 1 fully saturated rings. The topological polar surface area (TPSA) is 59.0 Å². The molecule has 5 heteroatoms. The van der Waals surface area contributed by atoms with Gasteiger partial charge >= 0.3 is 5.97 Å². The van der Waals surface area contributed by atoms with Crippen molar-refractivity contribution in [3.05, 3.63) is 29.8 Å². The zero-order valence-corrected chi connectivity index (χ0v) is 12.2. The predicted octanol–water partition coefficient (Wildman–Crippen LogP) is 2.02. The average molecular weight is 289 g/mol. The van der Waals surface area contributed by atoms with Crippen LogP contribution >= 0.6 is 0 Å². The van der Waals surface area contributed by atoms with Gasteiger partial charge in [0, 0.05) is 31.1 Å². The molecule has 1 saturated heterocycles. The minimum Gasteiger partial charge on any atom is -0.497 e. The summed E-state index contributed by atoms with van der Waals surface area (Å²) in [6.07, 6.45) is 4.89. The number of carbonyl (C=O) groups is 1. The highest BCUT2D eigenvalue weighted by Crippen LogP contribution is 2.38. The molecule has 3 rings (SSSR count). The SMILES string of the molecule is COc1ccc2c(c1)OC1(C=C2)CCN(C(C)C(=O)O)C1. The third-order valence-corrected chi connectivity index (χ3v) is 4.30. The fraction of sp³-hybridized carbons (Fsp3) is 0.438. The molecule has 0 aromatic heterocycles. The number of hydrogen-bond donors (Lipinski definition) is 1. The third kappa shape index (κ3) is 2.49. The molecule has 2 aliphatic heterocycles. The molecule has 2 atom stereocenters. The van der Waals surface area contributed by atoms with Gasteiger partial charge in [-0.25, -0.2) is 0 Å². The molecule has 2 heterocycles. The number of hydrogen-bond acceptors (Lipinski definition) is 4.